The fourth-order valence-corrected chi connectivity index (χ4v) is 1.84. The Morgan fingerprint density at radius 2 is 2.22 bits per heavy atom. The van der Waals surface area contributed by atoms with Gasteiger partial charge in [-0.15, -0.1) is 10.2 Å². The lowest BCUT2D eigenvalue weighted by Crippen LogP contribution is -2.15. The summed E-state index contributed by atoms with van der Waals surface area (Å²) in [7, 11) is 3.38. The minimum Gasteiger partial charge on any atom is -0.496 e. The van der Waals surface area contributed by atoms with Crippen molar-refractivity contribution in [3.8, 4) is 5.75 Å². The molecule has 1 aromatic carbocycles. The fraction of sp³-hybridized carbons (Fsp3) is 0.417. The number of benzene rings is 1. The molecule has 2 N–H and O–H groups in total. The van der Waals surface area contributed by atoms with E-state index in [0.717, 1.165) is 16.9 Å². The lowest BCUT2D eigenvalue weighted by molar-refractivity contribution is 0.405. The molecule has 6 nitrogen and oxygen atoms in total. The quantitative estimate of drug-likeness (QED) is 0.863. The normalized spacial score (nSPS) is 12.4. The Labute approximate surface area is 106 Å². The molecule has 2 aromatic rings. The van der Waals surface area contributed by atoms with Crippen LogP contribution >= 0.6 is 0 Å². The molecule has 0 aliphatic rings. The van der Waals surface area contributed by atoms with Gasteiger partial charge in [-0.25, -0.2) is 0 Å². The van der Waals surface area contributed by atoms with Crippen LogP contribution in [0.3, 0.4) is 0 Å². The standard InChI is InChI=1S/C12H17N5O/c1-8-4-5-9(11(6-8)18-3)10(13)7-12-14-16-17(2)15-12/h4-6,10H,7,13H2,1-3H3. The third kappa shape index (κ3) is 2.65. The number of nitrogens with zero attached hydrogens (tertiary/aromatic N) is 4. The van der Waals surface area contributed by atoms with Crippen LogP contribution in [0, 0.1) is 6.92 Å². The number of ether oxygens (including phenoxy) is 1. The van der Waals surface area contributed by atoms with Crippen molar-refractivity contribution in [1.29, 1.82) is 0 Å². The Hall–Kier alpha value is -1.95. The van der Waals surface area contributed by atoms with Gasteiger partial charge in [0.2, 0.25) is 0 Å². The van der Waals surface area contributed by atoms with Gasteiger partial charge in [0.05, 0.1) is 14.2 Å². The first kappa shape index (κ1) is 12.5. The molecule has 0 bridgehead atoms. The number of aryl methyl sites for hydroxylation is 2. The van der Waals surface area contributed by atoms with Crippen molar-refractivity contribution in [2.75, 3.05) is 7.11 Å². The van der Waals surface area contributed by atoms with E-state index in [4.69, 9.17) is 10.5 Å². The van der Waals surface area contributed by atoms with Gasteiger partial charge in [0, 0.05) is 18.0 Å². The summed E-state index contributed by atoms with van der Waals surface area (Å²) in [6, 6.07) is 5.76. The van der Waals surface area contributed by atoms with Gasteiger partial charge in [-0.05, 0) is 23.8 Å². The Bertz CT molecular complexity index is 537. The molecular weight excluding hydrogens is 230 g/mol. The second-order valence-electron chi connectivity index (χ2n) is 4.25. The van der Waals surface area contributed by atoms with Crippen molar-refractivity contribution in [2.24, 2.45) is 12.8 Å². The molecule has 6 heteroatoms. The van der Waals surface area contributed by atoms with Gasteiger partial charge in [0.1, 0.15) is 5.75 Å². The van der Waals surface area contributed by atoms with Crippen LogP contribution in [0.2, 0.25) is 0 Å². The van der Waals surface area contributed by atoms with Crippen molar-refractivity contribution in [3.63, 3.8) is 0 Å². The number of nitrogens with two attached hydrogens (primary N) is 1. The topological polar surface area (TPSA) is 78.9 Å². The zero-order valence-electron chi connectivity index (χ0n) is 10.8. The number of methoxy groups -OCH3 is 1. The number of tetrazole rings is 1. The molecule has 0 aliphatic carbocycles. The summed E-state index contributed by atoms with van der Waals surface area (Å²) in [5.74, 6) is 1.43. The number of rotatable bonds is 4. The predicted octanol–water partition coefficient (Wildman–Crippen LogP) is 0.770. The molecule has 0 radical (unpaired) electrons. The molecule has 1 aromatic heterocycles. The summed E-state index contributed by atoms with van der Waals surface area (Å²) in [6.45, 7) is 2.02. The number of hydrogen-bond acceptors (Lipinski definition) is 5. The molecule has 1 heterocycles. The highest BCUT2D eigenvalue weighted by Gasteiger charge is 2.15. The van der Waals surface area contributed by atoms with Crippen LogP contribution in [0.25, 0.3) is 0 Å². The molecular formula is C12H17N5O. The van der Waals surface area contributed by atoms with E-state index in [2.05, 4.69) is 15.4 Å². The van der Waals surface area contributed by atoms with Crippen LogP contribution in [0.15, 0.2) is 18.2 Å². The van der Waals surface area contributed by atoms with Crippen LogP contribution in [-0.2, 0) is 13.5 Å². The van der Waals surface area contributed by atoms with Gasteiger partial charge < -0.3 is 10.5 Å². The Balaban J connectivity index is 2.20. The van der Waals surface area contributed by atoms with Gasteiger partial charge in [-0.2, -0.15) is 4.80 Å². The van der Waals surface area contributed by atoms with E-state index in [9.17, 15) is 0 Å². The molecule has 18 heavy (non-hydrogen) atoms. The second kappa shape index (κ2) is 5.14. The average Bonchev–Trinajstić information content (AvgIpc) is 2.74. The van der Waals surface area contributed by atoms with Crippen LogP contribution in [0.5, 0.6) is 5.75 Å². The minimum absolute atomic E-state index is 0.204. The zero-order chi connectivity index (χ0) is 13.1. The van der Waals surface area contributed by atoms with Crippen molar-refractivity contribution in [2.45, 2.75) is 19.4 Å². The smallest absolute Gasteiger partial charge is 0.176 e. The lowest BCUT2D eigenvalue weighted by Gasteiger charge is -2.14. The Morgan fingerprint density at radius 3 is 2.83 bits per heavy atom. The maximum atomic E-state index is 6.17. The number of aromatic nitrogens is 4. The Morgan fingerprint density at radius 1 is 1.44 bits per heavy atom. The molecule has 96 valence electrons. The van der Waals surface area contributed by atoms with Gasteiger partial charge in [-0.3, -0.25) is 0 Å². The molecule has 0 spiro atoms. The molecule has 0 amide bonds. The molecule has 2 rings (SSSR count). The third-order valence-corrected chi connectivity index (χ3v) is 2.74. The van der Waals surface area contributed by atoms with E-state index in [1.807, 2.05) is 25.1 Å². The zero-order valence-corrected chi connectivity index (χ0v) is 10.8. The van der Waals surface area contributed by atoms with Gasteiger partial charge in [0.25, 0.3) is 0 Å². The summed E-state index contributed by atoms with van der Waals surface area (Å²) in [5, 5.41) is 11.8. The van der Waals surface area contributed by atoms with Gasteiger partial charge in [-0.1, -0.05) is 12.1 Å². The maximum Gasteiger partial charge on any atom is 0.176 e. The summed E-state index contributed by atoms with van der Waals surface area (Å²) >= 11 is 0. The van der Waals surface area contributed by atoms with E-state index in [1.165, 1.54) is 4.80 Å². The van der Waals surface area contributed by atoms with Crippen LogP contribution in [0.1, 0.15) is 23.0 Å². The largest absolute Gasteiger partial charge is 0.496 e. The summed E-state index contributed by atoms with van der Waals surface area (Å²) in [6.07, 6.45) is 0.535. The molecule has 0 saturated heterocycles. The van der Waals surface area contributed by atoms with E-state index >= 15 is 0 Å². The SMILES string of the molecule is COc1cc(C)ccc1C(N)Cc1nnn(C)n1. The highest BCUT2D eigenvalue weighted by molar-refractivity contribution is 5.39. The molecule has 0 saturated carbocycles. The van der Waals surface area contributed by atoms with Crippen LogP contribution in [-0.4, -0.2) is 27.3 Å². The Kier molecular flexibility index (Phi) is 3.57. The number of hydrogen-bond donors (Lipinski definition) is 1. The highest BCUT2D eigenvalue weighted by atomic mass is 16.5. The fourth-order valence-electron chi connectivity index (χ4n) is 1.84. The first-order chi connectivity index (χ1) is 8.60. The summed E-state index contributed by atoms with van der Waals surface area (Å²) in [4.78, 5) is 1.43. The van der Waals surface area contributed by atoms with Crippen LogP contribution < -0.4 is 10.5 Å². The molecule has 0 fully saturated rings. The second-order valence-corrected chi connectivity index (χ2v) is 4.25. The third-order valence-electron chi connectivity index (χ3n) is 2.74. The first-order valence-electron chi connectivity index (χ1n) is 5.73. The van der Waals surface area contributed by atoms with E-state index in [-0.39, 0.29) is 6.04 Å². The average molecular weight is 247 g/mol. The summed E-state index contributed by atoms with van der Waals surface area (Å²) in [5.41, 5.74) is 8.26. The van der Waals surface area contributed by atoms with Crippen molar-refractivity contribution < 1.29 is 4.74 Å². The van der Waals surface area contributed by atoms with Crippen molar-refractivity contribution in [3.05, 3.63) is 35.2 Å². The van der Waals surface area contributed by atoms with Gasteiger partial charge >= 0.3 is 0 Å². The van der Waals surface area contributed by atoms with Crippen molar-refractivity contribution in [1.82, 2.24) is 20.2 Å². The molecule has 1 unspecified atom stereocenters. The van der Waals surface area contributed by atoms with E-state index < -0.39 is 0 Å². The molecule has 1 atom stereocenters. The van der Waals surface area contributed by atoms with E-state index in [1.54, 1.807) is 14.2 Å². The predicted molar refractivity (Wildman–Crippen MR) is 67.2 cm³/mol. The molecule has 0 aliphatic heterocycles. The van der Waals surface area contributed by atoms with Crippen molar-refractivity contribution >= 4 is 0 Å². The lowest BCUT2D eigenvalue weighted by atomic mass is 10.0. The highest BCUT2D eigenvalue weighted by Crippen LogP contribution is 2.26. The first-order valence-corrected chi connectivity index (χ1v) is 5.73. The monoisotopic (exact) mass is 247 g/mol. The maximum absolute atomic E-state index is 6.17. The summed E-state index contributed by atoms with van der Waals surface area (Å²) < 4.78 is 5.35. The van der Waals surface area contributed by atoms with Crippen LogP contribution in [0.4, 0.5) is 0 Å². The van der Waals surface area contributed by atoms with E-state index in [0.29, 0.717) is 12.2 Å². The minimum atomic E-state index is -0.204. The van der Waals surface area contributed by atoms with Gasteiger partial charge in [0.15, 0.2) is 5.82 Å².